The Bertz CT molecular complexity index is 823. The molecule has 2 aromatic rings. The number of rotatable bonds is 3. The molecule has 1 aliphatic heterocycles. The lowest BCUT2D eigenvalue weighted by molar-refractivity contribution is 0.0641. The van der Waals surface area contributed by atoms with E-state index in [1.54, 1.807) is 23.2 Å². The molecule has 1 aromatic heterocycles. The SMILES string of the molecule is CCN1CCN(C(=O)c2cn(CC)c3ccc(Cl)cc3c2=O)CC1. The lowest BCUT2D eigenvalue weighted by Gasteiger charge is -2.34. The fourth-order valence-electron chi connectivity index (χ4n) is 3.22. The predicted molar refractivity (Wildman–Crippen MR) is 96.9 cm³/mol. The van der Waals surface area contributed by atoms with Gasteiger partial charge in [0.25, 0.3) is 5.91 Å². The van der Waals surface area contributed by atoms with E-state index in [0.717, 1.165) is 25.2 Å². The second kappa shape index (κ2) is 6.95. The molecule has 0 aliphatic carbocycles. The van der Waals surface area contributed by atoms with E-state index in [-0.39, 0.29) is 16.9 Å². The maximum Gasteiger partial charge on any atom is 0.259 e. The van der Waals surface area contributed by atoms with Gasteiger partial charge in [-0.05, 0) is 31.7 Å². The van der Waals surface area contributed by atoms with Gasteiger partial charge in [-0.3, -0.25) is 9.59 Å². The van der Waals surface area contributed by atoms with Crippen molar-refractivity contribution < 1.29 is 4.79 Å². The van der Waals surface area contributed by atoms with E-state index in [2.05, 4.69) is 11.8 Å². The summed E-state index contributed by atoms with van der Waals surface area (Å²) in [6.07, 6.45) is 1.69. The molecular weight excluding hydrogens is 326 g/mol. The van der Waals surface area contributed by atoms with Gasteiger partial charge in [-0.15, -0.1) is 0 Å². The number of piperazine rings is 1. The number of pyridine rings is 1. The zero-order valence-electron chi connectivity index (χ0n) is 14.1. The highest BCUT2D eigenvalue weighted by molar-refractivity contribution is 6.31. The van der Waals surface area contributed by atoms with Crippen molar-refractivity contribution in [3.63, 3.8) is 0 Å². The number of aryl methyl sites for hydroxylation is 1. The lowest BCUT2D eigenvalue weighted by atomic mass is 10.1. The molecule has 3 rings (SSSR count). The maximum absolute atomic E-state index is 12.9. The monoisotopic (exact) mass is 347 g/mol. The van der Waals surface area contributed by atoms with E-state index in [1.165, 1.54) is 0 Å². The summed E-state index contributed by atoms with van der Waals surface area (Å²) in [6.45, 7) is 8.80. The Morgan fingerprint density at radius 3 is 2.46 bits per heavy atom. The van der Waals surface area contributed by atoms with Gasteiger partial charge < -0.3 is 14.4 Å². The first-order chi connectivity index (χ1) is 11.5. The number of likely N-dealkylation sites (N-methyl/N-ethyl adjacent to an activating group) is 1. The van der Waals surface area contributed by atoms with Crippen LogP contribution in [0.3, 0.4) is 0 Å². The molecular formula is C18H22ClN3O2. The molecule has 0 N–H and O–H groups in total. The van der Waals surface area contributed by atoms with Crippen LogP contribution in [0.4, 0.5) is 0 Å². The van der Waals surface area contributed by atoms with Gasteiger partial charge in [0.05, 0.1) is 5.52 Å². The van der Waals surface area contributed by atoms with Gasteiger partial charge in [-0.25, -0.2) is 0 Å². The summed E-state index contributed by atoms with van der Waals surface area (Å²) in [5, 5.41) is 1.01. The number of nitrogens with zero attached hydrogens (tertiary/aromatic N) is 3. The Labute approximate surface area is 146 Å². The minimum atomic E-state index is -0.236. The zero-order valence-corrected chi connectivity index (χ0v) is 14.8. The van der Waals surface area contributed by atoms with Crippen molar-refractivity contribution in [1.29, 1.82) is 0 Å². The third-order valence-electron chi connectivity index (χ3n) is 4.72. The molecule has 1 amide bonds. The number of halogens is 1. The average molecular weight is 348 g/mol. The highest BCUT2D eigenvalue weighted by Crippen LogP contribution is 2.18. The van der Waals surface area contributed by atoms with E-state index < -0.39 is 0 Å². The summed E-state index contributed by atoms with van der Waals surface area (Å²) in [6, 6.07) is 5.25. The van der Waals surface area contributed by atoms with Gasteiger partial charge >= 0.3 is 0 Å². The van der Waals surface area contributed by atoms with Crippen molar-refractivity contribution in [3.05, 3.63) is 45.2 Å². The lowest BCUT2D eigenvalue weighted by Crippen LogP contribution is -2.49. The molecule has 0 saturated carbocycles. The van der Waals surface area contributed by atoms with Crippen molar-refractivity contribution in [3.8, 4) is 0 Å². The molecule has 0 bridgehead atoms. The maximum atomic E-state index is 12.9. The summed E-state index contributed by atoms with van der Waals surface area (Å²) < 4.78 is 1.93. The molecule has 128 valence electrons. The summed E-state index contributed by atoms with van der Waals surface area (Å²) in [5.74, 6) is -0.181. The van der Waals surface area contributed by atoms with Gasteiger partial charge in [-0.1, -0.05) is 18.5 Å². The molecule has 2 heterocycles. The summed E-state index contributed by atoms with van der Waals surface area (Å²) >= 11 is 6.05. The van der Waals surface area contributed by atoms with Gasteiger partial charge in [-0.2, -0.15) is 0 Å². The Balaban J connectivity index is 2.01. The fraction of sp³-hybridized carbons (Fsp3) is 0.444. The third-order valence-corrected chi connectivity index (χ3v) is 4.96. The van der Waals surface area contributed by atoms with Crippen LogP contribution in [0, 0.1) is 0 Å². The van der Waals surface area contributed by atoms with E-state index >= 15 is 0 Å². The number of hydrogen-bond donors (Lipinski definition) is 0. The first kappa shape index (κ1) is 17.0. The van der Waals surface area contributed by atoms with Crippen molar-refractivity contribution in [1.82, 2.24) is 14.4 Å². The van der Waals surface area contributed by atoms with Crippen LogP contribution >= 0.6 is 11.6 Å². The quantitative estimate of drug-likeness (QED) is 0.856. The van der Waals surface area contributed by atoms with Gasteiger partial charge in [0.15, 0.2) is 0 Å². The third kappa shape index (κ3) is 3.06. The molecule has 1 aromatic carbocycles. The largest absolute Gasteiger partial charge is 0.347 e. The van der Waals surface area contributed by atoms with Gasteiger partial charge in [0, 0.05) is 49.3 Å². The van der Waals surface area contributed by atoms with E-state index in [4.69, 9.17) is 11.6 Å². The average Bonchev–Trinajstić information content (AvgIpc) is 2.62. The summed E-state index contributed by atoms with van der Waals surface area (Å²) in [7, 11) is 0. The fourth-order valence-corrected chi connectivity index (χ4v) is 3.39. The molecule has 0 unspecified atom stereocenters. The molecule has 1 saturated heterocycles. The highest BCUT2D eigenvalue weighted by atomic mass is 35.5. The van der Waals surface area contributed by atoms with Gasteiger partial charge in [0.1, 0.15) is 5.56 Å². The zero-order chi connectivity index (χ0) is 17.3. The second-order valence-electron chi connectivity index (χ2n) is 6.05. The number of aromatic nitrogens is 1. The first-order valence-electron chi connectivity index (χ1n) is 8.39. The number of amides is 1. The number of benzene rings is 1. The number of hydrogen-bond acceptors (Lipinski definition) is 3. The first-order valence-corrected chi connectivity index (χ1v) is 8.77. The minimum Gasteiger partial charge on any atom is -0.347 e. The summed E-state index contributed by atoms with van der Waals surface area (Å²) in [4.78, 5) is 29.8. The van der Waals surface area contributed by atoms with Crippen LogP contribution in [0.1, 0.15) is 24.2 Å². The molecule has 0 radical (unpaired) electrons. The topological polar surface area (TPSA) is 45.5 Å². The van der Waals surface area contributed by atoms with Gasteiger partial charge in [0.2, 0.25) is 5.43 Å². The van der Waals surface area contributed by atoms with Crippen LogP contribution in [-0.4, -0.2) is 53.0 Å². The summed E-state index contributed by atoms with van der Waals surface area (Å²) in [5.41, 5.74) is 0.802. The number of carbonyl (C=O) groups excluding carboxylic acids is 1. The van der Waals surface area contributed by atoms with Crippen LogP contribution in [-0.2, 0) is 6.54 Å². The van der Waals surface area contributed by atoms with E-state index in [0.29, 0.717) is 30.0 Å². The van der Waals surface area contributed by atoms with Crippen LogP contribution in [0.2, 0.25) is 5.02 Å². The van der Waals surface area contributed by atoms with Crippen molar-refractivity contribution in [2.75, 3.05) is 32.7 Å². The number of fused-ring (bicyclic) bond motifs is 1. The highest BCUT2D eigenvalue weighted by Gasteiger charge is 2.24. The number of carbonyl (C=O) groups is 1. The van der Waals surface area contributed by atoms with E-state index in [9.17, 15) is 9.59 Å². The van der Waals surface area contributed by atoms with Crippen LogP contribution < -0.4 is 5.43 Å². The van der Waals surface area contributed by atoms with Crippen LogP contribution in [0.15, 0.2) is 29.2 Å². The molecule has 0 spiro atoms. The second-order valence-corrected chi connectivity index (χ2v) is 6.48. The molecule has 1 fully saturated rings. The normalized spacial score (nSPS) is 15.9. The van der Waals surface area contributed by atoms with Crippen molar-refractivity contribution >= 4 is 28.4 Å². The van der Waals surface area contributed by atoms with E-state index in [1.807, 2.05) is 17.6 Å². The Morgan fingerprint density at radius 2 is 1.83 bits per heavy atom. The molecule has 6 heteroatoms. The minimum absolute atomic E-state index is 0.181. The standard InChI is InChI=1S/C18H22ClN3O2/c1-3-20-7-9-22(10-8-20)18(24)15-12-21(4-2)16-6-5-13(19)11-14(16)17(15)23/h5-6,11-12H,3-4,7-10H2,1-2H3. The Morgan fingerprint density at radius 1 is 1.12 bits per heavy atom. The van der Waals surface area contributed by atoms with Crippen molar-refractivity contribution in [2.45, 2.75) is 20.4 Å². The van der Waals surface area contributed by atoms with Crippen LogP contribution in [0.25, 0.3) is 10.9 Å². The Kier molecular flexibility index (Phi) is 4.92. The predicted octanol–water partition coefficient (Wildman–Crippen LogP) is 2.45. The molecule has 1 aliphatic rings. The Hall–Kier alpha value is -1.85. The van der Waals surface area contributed by atoms with Crippen LogP contribution in [0.5, 0.6) is 0 Å². The molecule has 0 atom stereocenters. The molecule has 24 heavy (non-hydrogen) atoms. The van der Waals surface area contributed by atoms with Crippen molar-refractivity contribution in [2.24, 2.45) is 0 Å². The molecule has 5 nitrogen and oxygen atoms in total. The smallest absolute Gasteiger partial charge is 0.259 e.